The molecule has 1 heterocycles. The van der Waals surface area contributed by atoms with Crippen molar-refractivity contribution in [1.82, 2.24) is 0 Å². The van der Waals surface area contributed by atoms with E-state index in [0.717, 1.165) is 22.4 Å². The molecule has 0 bridgehead atoms. The minimum absolute atomic E-state index is 0.246. The summed E-state index contributed by atoms with van der Waals surface area (Å²) in [6, 6.07) is 16.3. The molecule has 0 N–H and O–H groups in total. The van der Waals surface area contributed by atoms with Crippen LogP contribution in [-0.4, -0.2) is 5.91 Å². The van der Waals surface area contributed by atoms with E-state index in [1.165, 1.54) is 51.4 Å². The summed E-state index contributed by atoms with van der Waals surface area (Å²) in [6.45, 7) is 0.605. The van der Waals surface area contributed by atoms with Gasteiger partial charge in [-0.15, -0.1) is 0 Å². The zero-order valence-electron chi connectivity index (χ0n) is 16.6. The van der Waals surface area contributed by atoms with Crippen LogP contribution in [0.3, 0.4) is 0 Å². The van der Waals surface area contributed by atoms with Crippen molar-refractivity contribution in [2.24, 2.45) is 5.92 Å². The maximum Gasteiger partial charge on any atom is 0.227 e. The molecule has 1 fully saturated rings. The van der Waals surface area contributed by atoms with Crippen molar-refractivity contribution in [1.29, 1.82) is 0 Å². The lowest BCUT2D eigenvalue weighted by Crippen LogP contribution is -2.33. The van der Waals surface area contributed by atoms with Gasteiger partial charge in [-0.2, -0.15) is 0 Å². The highest BCUT2D eigenvalue weighted by atomic mass is 16.2. The third-order valence-electron chi connectivity index (χ3n) is 6.11. The number of rotatable bonds is 2. The summed E-state index contributed by atoms with van der Waals surface area (Å²) in [5.41, 5.74) is 4.06. The first-order chi connectivity index (χ1) is 13.8. The largest absolute Gasteiger partial charge is 0.307 e. The number of carbonyl (C=O) groups excluding carboxylic acids is 1. The van der Waals surface area contributed by atoms with Gasteiger partial charge in [-0.1, -0.05) is 80.7 Å². The number of anilines is 1. The number of fused-ring (bicyclic) bond motifs is 2. The topological polar surface area (TPSA) is 20.3 Å². The Hall–Kier alpha value is -2.53. The smallest absolute Gasteiger partial charge is 0.227 e. The van der Waals surface area contributed by atoms with Gasteiger partial charge >= 0.3 is 0 Å². The van der Waals surface area contributed by atoms with Gasteiger partial charge in [-0.3, -0.25) is 4.79 Å². The van der Waals surface area contributed by atoms with E-state index in [4.69, 9.17) is 0 Å². The molecule has 1 amide bonds. The number of hydrogen-bond donors (Lipinski definition) is 0. The van der Waals surface area contributed by atoms with Crippen LogP contribution in [0, 0.1) is 17.8 Å². The quantitative estimate of drug-likeness (QED) is 0.586. The van der Waals surface area contributed by atoms with Crippen molar-refractivity contribution in [3.05, 3.63) is 65.2 Å². The van der Waals surface area contributed by atoms with Crippen molar-refractivity contribution in [3.8, 4) is 11.8 Å². The minimum Gasteiger partial charge on any atom is -0.307 e. The Kier molecular flexibility index (Phi) is 6.12. The van der Waals surface area contributed by atoms with Gasteiger partial charge in [0.2, 0.25) is 5.91 Å². The molecular weight excluding hydrogens is 342 g/mol. The lowest BCUT2D eigenvalue weighted by molar-refractivity contribution is -0.119. The molecule has 0 spiro atoms. The van der Waals surface area contributed by atoms with Gasteiger partial charge < -0.3 is 4.90 Å². The van der Waals surface area contributed by atoms with Crippen LogP contribution in [0.5, 0.6) is 0 Å². The molecule has 0 radical (unpaired) electrons. The van der Waals surface area contributed by atoms with E-state index >= 15 is 0 Å². The van der Waals surface area contributed by atoms with E-state index in [9.17, 15) is 4.79 Å². The van der Waals surface area contributed by atoms with Crippen molar-refractivity contribution < 1.29 is 4.79 Å². The second-order valence-electron chi connectivity index (χ2n) is 8.17. The van der Waals surface area contributed by atoms with E-state index < -0.39 is 0 Å². The first-order valence-electron chi connectivity index (χ1n) is 10.8. The van der Waals surface area contributed by atoms with Gasteiger partial charge in [0.05, 0.1) is 12.2 Å². The Morgan fingerprint density at radius 3 is 2.21 bits per heavy atom. The standard InChI is InChI=1S/C26H29NO/c28-26(19-21-11-5-3-1-2-4-6-12-21)27-20-24-15-8-7-13-22(24)17-18-23-14-9-10-16-25(23)27/h7-10,13-16,21H,1-6,11-12,19-20H2. The molecule has 4 rings (SSSR count). The number of carbonyl (C=O) groups is 1. The monoisotopic (exact) mass is 371 g/mol. The third kappa shape index (κ3) is 4.47. The molecule has 1 saturated carbocycles. The van der Waals surface area contributed by atoms with Crippen molar-refractivity contribution in [2.45, 2.75) is 64.3 Å². The van der Waals surface area contributed by atoms with Gasteiger partial charge in [0.25, 0.3) is 0 Å². The van der Waals surface area contributed by atoms with Crippen LogP contribution in [0.2, 0.25) is 0 Å². The number of nitrogens with zero attached hydrogens (tertiary/aromatic N) is 1. The van der Waals surface area contributed by atoms with Crippen molar-refractivity contribution in [3.63, 3.8) is 0 Å². The van der Waals surface area contributed by atoms with Crippen LogP contribution < -0.4 is 4.90 Å². The fraction of sp³-hybridized carbons (Fsp3) is 0.423. The minimum atomic E-state index is 0.246. The number of amides is 1. The second-order valence-corrected chi connectivity index (χ2v) is 8.17. The molecule has 2 aromatic rings. The number of benzene rings is 2. The first kappa shape index (κ1) is 18.8. The first-order valence-corrected chi connectivity index (χ1v) is 10.8. The maximum absolute atomic E-state index is 13.5. The van der Waals surface area contributed by atoms with Crippen LogP contribution in [0.4, 0.5) is 5.69 Å². The average molecular weight is 372 g/mol. The van der Waals surface area contributed by atoms with Crippen LogP contribution in [-0.2, 0) is 11.3 Å². The molecule has 0 saturated heterocycles. The van der Waals surface area contributed by atoms with E-state index in [1.54, 1.807) is 0 Å². The van der Waals surface area contributed by atoms with Crippen LogP contribution in [0.15, 0.2) is 48.5 Å². The van der Waals surface area contributed by atoms with E-state index in [0.29, 0.717) is 18.9 Å². The molecule has 2 aromatic carbocycles. The lowest BCUT2D eigenvalue weighted by atomic mass is 9.92. The van der Waals surface area contributed by atoms with E-state index in [1.807, 2.05) is 41.3 Å². The lowest BCUT2D eigenvalue weighted by Gasteiger charge is -2.28. The molecule has 28 heavy (non-hydrogen) atoms. The fourth-order valence-corrected chi connectivity index (χ4v) is 4.49. The van der Waals surface area contributed by atoms with Crippen molar-refractivity contribution >= 4 is 11.6 Å². The summed E-state index contributed by atoms with van der Waals surface area (Å²) in [7, 11) is 0. The Morgan fingerprint density at radius 1 is 0.821 bits per heavy atom. The molecule has 0 atom stereocenters. The summed E-state index contributed by atoms with van der Waals surface area (Å²) >= 11 is 0. The molecule has 1 aliphatic carbocycles. The molecule has 2 nitrogen and oxygen atoms in total. The summed E-state index contributed by atoms with van der Waals surface area (Å²) in [5.74, 6) is 7.35. The van der Waals surface area contributed by atoms with Crippen LogP contribution in [0.25, 0.3) is 0 Å². The van der Waals surface area contributed by atoms with Crippen molar-refractivity contribution in [2.75, 3.05) is 4.90 Å². The molecule has 2 heteroatoms. The summed E-state index contributed by atoms with van der Waals surface area (Å²) < 4.78 is 0. The summed E-state index contributed by atoms with van der Waals surface area (Å²) in [6.07, 6.45) is 10.9. The van der Waals surface area contributed by atoms with E-state index in [-0.39, 0.29) is 5.91 Å². The Bertz CT molecular complexity index is 879. The zero-order valence-corrected chi connectivity index (χ0v) is 16.6. The normalized spacial score (nSPS) is 17.5. The van der Waals surface area contributed by atoms with E-state index in [2.05, 4.69) is 24.0 Å². The highest BCUT2D eigenvalue weighted by Gasteiger charge is 2.24. The predicted molar refractivity (Wildman–Crippen MR) is 115 cm³/mol. The Morgan fingerprint density at radius 2 is 1.43 bits per heavy atom. The summed E-state index contributed by atoms with van der Waals surface area (Å²) in [4.78, 5) is 15.4. The number of hydrogen-bond acceptors (Lipinski definition) is 1. The average Bonchev–Trinajstić information content (AvgIpc) is 2.84. The SMILES string of the molecule is O=C(CC1CCCCCCCC1)N1Cc2ccccc2C#Cc2ccccc21. The summed E-state index contributed by atoms with van der Waals surface area (Å²) in [5, 5.41) is 0. The number of para-hydroxylation sites is 1. The van der Waals surface area contributed by atoms with Gasteiger partial charge in [0.1, 0.15) is 0 Å². The van der Waals surface area contributed by atoms with Gasteiger partial charge in [-0.25, -0.2) is 0 Å². The molecule has 1 aliphatic heterocycles. The molecule has 0 aromatic heterocycles. The fourth-order valence-electron chi connectivity index (χ4n) is 4.49. The molecule has 0 unspecified atom stereocenters. The predicted octanol–water partition coefficient (Wildman–Crippen LogP) is 6.07. The second kappa shape index (κ2) is 9.11. The Labute approximate surface area is 169 Å². The van der Waals surface area contributed by atoms with Crippen LogP contribution >= 0.6 is 0 Å². The maximum atomic E-state index is 13.5. The van der Waals surface area contributed by atoms with Crippen LogP contribution in [0.1, 0.15) is 74.5 Å². The molecule has 144 valence electrons. The van der Waals surface area contributed by atoms with Gasteiger partial charge in [-0.05, 0) is 42.5 Å². The third-order valence-corrected chi connectivity index (χ3v) is 6.11. The van der Waals surface area contributed by atoms with Gasteiger partial charge in [0, 0.05) is 17.5 Å². The molecule has 2 aliphatic rings. The van der Waals surface area contributed by atoms with Gasteiger partial charge in [0.15, 0.2) is 0 Å². The highest BCUT2D eigenvalue weighted by Crippen LogP contribution is 2.29. The highest BCUT2D eigenvalue weighted by molar-refractivity contribution is 5.95. The zero-order chi connectivity index (χ0) is 19.2. The molecular formula is C26H29NO. The Balaban J connectivity index is 1.60.